The Labute approximate surface area is 134 Å². The molecular formula is C14H24N2O5S. The molecule has 2 atom stereocenters. The Morgan fingerprint density at radius 3 is 2.41 bits per heavy atom. The lowest BCUT2D eigenvalue weighted by Gasteiger charge is -2.29. The molecule has 126 valence electrons. The molecule has 0 radical (unpaired) electrons. The number of aliphatic carboxylic acids is 1. The van der Waals surface area contributed by atoms with Crippen molar-refractivity contribution in [3.63, 3.8) is 0 Å². The fourth-order valence-electron chi connectivity index (χ4n) is 2.51. The third-order valence-electron chi connectivity index (χ3n) is 3.82. The minimum atomic E-state index is -1.90. The van der Waals surface area contributed by atoms with E-state index < -0.39 is 35.7 Å². The van der Waals surface area contributed by atoms with Crippen molar-refractivity contribution in [1.29, 1.82) is 0 Å². The second-order valence-electron chi connectivity index (χ2n) is 5.60. The number of carbonyl (C=O) groups is 3. The number of methoxy groups -OCH3 is 1. The zero-order chi connectivity index (χ0) is 16.8. The molecule has 0 saturated heterocycles. The molecule has 1 aliphatic carbocycles. The van der Waals surface area contributed by atoms with Crippen LogP contribution in [0.25, 0.3) is 0 Å². The molecule has 0 aliphatic heterocycles. The third kappa shape index (κ3) is 4.96. The minimum Gasteiger partial charge on any atom is -0.481 e. The van der Waals surface area contributed by atoms with Crippen LogP contribution in [-0.2, 0) is 19.1 Å². The summed E-state index contributed by atoms with van der Waals surface area (Å²) in [6.45, 7) is 0. The number of esters is 1. The molecule has 0 aromatic heterocycles. The maximum absolute atomic E-state index is 12.3. The highest BCUT2D eigenvalue weighted by atomic mass is 32.2. The number of rotatable bonds is 8. The highest BCUT2D eigenvalue weighted by Gasteiger charge is 2.46. The van der Waals surface area contributed by atoms with Gasteiger partial charge < -0.3 is 21.3 Å². The number of thioether (sulfide) groups is 1. The molecule has 1 aliphatic rings. The summed E-state index contributed by atoms with van der Waals surface area (Å²) >= 11 is 1.46. The Kier molecular flexibility index (Phi) is 7.31. The summed E-state index contributed by atoms with van der Waals surface area (Å²) in [5, 5.41) is 9.09. The third-order valence-corrected chi connectivity index (χ3v) is 5.38. The van der Waals surface area contributed by atoms with Gasteiger partial charge in [-0.2, -0.15) is 11.8 Å². The van der Waals surface area contributed by atoms with E-state index in [0.29, 0.717) is 5.25 Å². The topological polar surface area (TPSA) is 133 Å². The van der Waals surface area contributed by atoms with E-state index in [4.69, 9.17) is 16.6 Å². The number of hydrogen-bond donors (Lipinski definition) is 3. The summed E-state index contributed by atoms with van der Waals surface area (Å²) in [7, 11) is 1.14. The number of Topliss-reactive ketones (excluding diaryl/α,β-unsaturated/α-hetero) is 1. The molecule has 22 heavy (non-hydrogen) atoms. The van der Waals surface area contributed by atoms with Gasteiger partial charge in [-0.05, 0) is 12.8 Å². The first-order valence-corrected chi connectivity index (χ1v) is 8.36. The Balaban J connectivity index is 2.77. The van der Waals surface area contributed by atoms with E-state index >= 15 is 0 Å². The van der Waals surface area contributed by atoms with Crippen LogP contribution in [0.1, 0.15) is 38.5 Å². The molecule has 1 fully saturated rings. The van der Waals surface area contributed by atoms with Gasteiger partial charge in [-0.15, -0.1) is 0 Å². The van der Waals surface area contributed by atoms with Gasteiger partial charge in [-0.3, -0.25) is 9.59 Å². The van der Waals surface area contributed by atoms with Crippen LogP contribution in [0.4, 0.5) is 0 Å². The lowest BCUT2D eigenvalue weighted by Crippen LogP contribution is -2.62. The number of hydrogen-bond acceptors (Lipinski definition) is 7. The van der Waals surface area contributed by atoms with E-state index in [2.05, 4.69) is 4.74 Å². The molecule has 0 unspecified atom stereocenters. The predicted molar refractivity (Wildman–Crippen MR) is 83.5 cm³/mol. The molecule has 0 aromatic rings. The number of carboxylic acid groups (broad SMARTS) is 1. The van der Waals surface area contributed by atoms with Gasteiger partial charge in [0.05, 0.1) is 19.6 Å². The van der Waals surface area contributed by atoms with Crippen molar-refractivity contribution < 1.29 is 24.2 Å². The molecule has 0 spiro atoms. The van der Waals surface area contributed by atoms with Crippen molar-refractivity contribution in [2.75, 3.05) is 12.9 Å². The van der Waals surface area contributed by atoms with Crippen LogP contribution in [-0.4, -0.2) is 52.5 Å². The lowest BCUT2D eigenvalue weighted by atomic mass is 9.91. The molecule has 0 amide bonds. The molecule has 1 saturated carbocycles. The number of ketones is 1. The van der Waals surface area contributed by atoms with Crippen LogP contribution in [0.15, 0.2) is 0 Å². The van der Waals surface area contributed by atoms with Crippen LogP contribution < -0.4 is 11.5 Å². The van der Waals surface area contributed by atoms with Crippen molar-refractivity contribution in [2.24, 2.45) is 11.5 Å². The molecule has 0 heterocycles. The van der Waals surface area contributed by atoms with E-state index in [1.54, 1.807) is 0 Å². The van der Waals surface area contributed by atoms with Gasteiger partial charge in [0.2, 0.25) is 0 Å². The summed E-state index contributed by atoms with van der Waals surface area (Å²) < 4.78 is 4.63. The van der Waals surface area contributed by atoms with Crippen LogP contribution in [0.2, 0.25) is 0 Å². The minimum absolute atomic E-state index is 0.0521. The summed E-state index contributed by atoms with van der Waals surface area (Å²) in [5.41, 5.74) is 9.65. The van der Waals surface area contributed by atoms with E-state index in [1.165, 1.54) is 18.2 Å². The van der Waals surface area contributed by atoms with Gasteiger partial charge in [0.25, 0.3) is 0 Å². The molecule has 8 heteroatoms. The van der Waals surface area contributed by atoms with Gasteiger partial charge in [-0.25, -0.2) is 4.79 Å². The average molecular weight is 332 g/mol. The fraction of sp³-hybridized carbons (Fsp3) is 0.786. The Morgan fingerprint density at radius 2 is 1.91 bits per heavy atom. The van der Waals surface area contributed by atoms with Gasteiger partial charge >= 0.3 is 11.9 Å². The summed E-state index contributed by atoms with van der Waals surface area (Å²) in [6.07, 6.45) is 4.93. The Bertz CT molecular complexity index is 425. The highest BCUT2D eigenvalue weighted by molar-refractivity contribution is 8.00. The molecule has 5 N–H and O–H groups in total. The largest absolute Gasteiger partial charge is 0.481 e. The van der Waals surface area contributed by atoms with E-state index in [9.17, 15) is 14.4 Å². The average Bonchev–Trinajstić information content (AvgIpc) is 2.51. The monoisotopic (exact) mass is 332 g/mol. The van der Waals surface area contributed by atoms with E-state index in [-0.39, 0.29) is 5.75 Å². The van der Waals surface area contributed by atoms with Crippen LogP contribution in [0.5, 0.6) is 0 Å². The second-order valence-corrected chi connectivity index (χ2v) is 6.89. The molecule has 1 rings (SSSR count). The van der Waals surface area contributed by atoms with Crippen molar-refractivity contribution >= 4 is 29.5 Å². The lowest BCUT2D eigenvalue weighted by molar-refractivity contribution is -0.151. The molecular weight excluding hydrogens is 308 g/mol. The standard InChI is InChI=1S/C14H24N2O5S/c1-21-13(20)14(16,12(19)10(15)7-11(17)18)8-22-9-5-3-2-4-6-9/h9-10H,2-8,15-16H2,1H3,(H,17,18)/t10-,14+/m0/s1. The first kappa shape index (κ1) is 18.9. The SMILES string of the molecule is COC(=O)[C@@](N)(CSC1CCCCC1)C(=O)[C@@H](N)CC(=O)O. The van der Waals surface area contributed by atoms with Crippen LogP contribution in [0, 0.1) is 0 Å². The Hall–Kier alpha value is -1.12. The van der Waals surface area contributed by atoms with Gasteiger partial charge in [0, 0.05) is 11.0 Å². The van der Waals surface area contributed by atoms with E-state index in [1.807, 2.05) is 0 Å². The highest BCUT2D eigenvalue weighted by Crippen LogP contribution is 2.30. The van der Waals surface area contributed by atoms with Crippen molar-refractivity contribution in [2.45, 2.75) is 55.4 Å². The normalized spacial score (nSPS) is 20.0. The molecule has 7 nitrogen and oxygen atoms in total. The smallest absolute Gasteiger partial charge is 0.334 e. The maximum atomic E-state index is 12.3. The van der Waals surface area contributed by atoms with Crippen molar-refractivity contribution in [3.05, 3.63) is 0 Å². The maximum Gasteiger partial charge on any atom is 0.334 e. The first-order chi connectivity index (χ1) is 10.3. The zero-order valence-corrected chi connectivity index (χ0v) is 13.6. The van der Waals surface area contributed by atoms with Crippen LogP contribution >= 0.6 is 11.8 Å². The predicted octanol–water partition coefficient (Wildman–Crippen LogP) is 0.294. The zero-order valence-electron chi connectivity index (χ0n) is 12.7. The molecule has 0 bridgehead atoms. The summed E-state index contributed by atoms with van der Waals surface area (Å²) in [5.74, 6) is -2.82. The first-order valence-electron chi connectivity index (χ1n) is 7.32. The number of nitrogens with two attached hydrogens (primary N) is 2. The summed E-state index contributed by atoms with van der Waals surface area (Å²) in [6, 6.07) is -1.33. The number of carbonyl (C=O) groups excluding carboxylic acids is 2. The van der Waals surface area contributed by atoms with Crippen molar-refractivity contribution in [1.82, 2.24) is 0 Å². The number of ether oxygens (including phenoxy) is 1. The quantitative estimate of drug-likeness (QED) is 0.427. The number of carboxylic acids is 1. The van der Waals surface area contributed by atoms with E-state index in [0.717, 1.165) is 32.8 Å². The van der Waals surface area contributed by atoms with Crippen molar-refractivity contribution in [3.8, 4) is 0 Å². The summed E-state index contributed by atoms with van der Waals surface area (Å²) in [4.78, 5) is 35.0. The molecule has 0 aromatic carbocycles. The van der Waals surface area contributed by atoms with Crippen LogP contribution in [0.3, 0.4) is 0 Å². The van der Waals surface area contributed by atoms with Gasteiger partial charge in [0.15, 0.2) is 11.3 Å². The second kappa shape index (κ2) is 8.50. The Morgan fingerprint density at radius 1 is 1.32 bits per heavy atom. The van der Waals surface area contributed by atoms with Gasteiger partial charge in [-0.1, -0.05) is 19.3 Å². The van der Waals surface area contributed by atoms with Gasteiger partial charge in [0.1, 0.15) is 0 Å². The fourth-order valence-corrected chi connectivity index (χ4v) is 3.93.